The number of nitrogens with zero attached hydrogens (tertiary/aromatic N) is 2. The molecular formula is C29H30N4O5S2. The minimum atomic E-state index is -1.09. The standard InChI is InChI=1S/C29H30N4O5S2/c1-16(2)24(26(34)35)32-27(36)29(3)15-40-25(33-29)22-14-39-23(31-22)12-30-28(37)38-13-21-19-10-6-4-8-17(19)18-9-5-7-11-20(18)21/h4-11,14,16,21,24H,12-13,15H2,1-3H3,(H,30,37)(H,32,36)(H,34,35)/t24-,29-/m0/s1. The SMILES string of the molecule is CC(C)[C@H](NC(=O)[C@]1(C)CSC(c2csc(CNC(=O)OCC3c4ccccc4-c4ccccc43)n2)=N1)C(=O)O. The maximum Gasteiger partial charge on any atom is 0.407 e. The van der Waals surface area contributed by atoms with Crippen molar-refractivity contribution >= 4 is 46.1 Å². The van der Waals surface area contributed by atoms with Crippen molar-refractivity contribution in [3.05, 3.63) is 75.7 Å². The molecule has 11 heteroatoms. The first-order valence-electron chi connectivity index (χ1n) is 13.0. The number of carboxylic acids is 1. The predicted octanol–water partition coefficient (Wildman–Crippen LogP) is 4.66. The first kappa shape index (κ1) is 27.9. The molecule has 2 amide bonds. The molecular weight excluding hydrogens is 548 g/mol. The number of alkyl carbamates (subject to hydrolysis) is 1. The van der Waals surface area contributed by atoms with Crippen molar-refractivity contribution in [3.63, 3.8) is 0 Å². The number of nitrogens with one attached hydrogen (secondary N) is 2. The van der Waals surface area contributed by atoms with Crippen molar-refractivity contribution in [1.29, 1.82) is 0 Å². The Hall–Kier alpha value is -3.70. The van der Waals surface area contributed by atoms with Crippen LogP contribution in [0.5, 0.6) is 0 Å². The molecule has 0 bridgehead atoms. The van der Waals surface area contributed by atoms with E-state index in [1.807, 2.05) is 29.6 Å². The summed E-state index contributed by atoms with van der Waals surface area (Å²) in [4.78, 5) is 46.1. The lowest BCUT2D eigenvalue weighted by atomic mass is 9.98. The Labute approximate surface area is 240 Å². The number of hydrogen-bond donors (Lipinski definition) is 3. The number of rotatable bonds is 9. The van der Waals surface area contributed by atoms with Crippen molar-refractivity contribution in [3.8, 4) is 11.1 Å². The molecule has 0 saturated heterocycles. The predicted molar refractivity (Wildman–Crippen MR) is 156 cm³/mol. The molecule has 5 rings (SSSR count). The van der Waals surface area contributed by atoms with Crippen molar-refractivity contribution in [2.24, 2.45) is 10.9 Å². The Morgan fingerprint density at radius 1 is 1.10 bits per heavy atom. The first-order valence-corrected chi connectivity index (χ1v) is 14.8. The molecule has 1 aromatic heterocycles. The van der Waals surface area contributed by atoms with Crippen LogP contribution in [-0.4, -0.2) is 57.0 Å². The Balaban J connectivity index is 1.16. The molecule has 208 valence electrons. The van der Waals surface area contributed by atoms with Crippen LogP contribution < -0.4 is 10.6 Å². The number of carbonyl (C=O) groups excluding carboxylic acids is 2. The highest BCUT2D eigenvalue weighted by Gasteiger charge is 2.41. The molecule has 2 aromatic carbocycles. The maximum atomic E-state index is 12.9. The Bertz CT molecular complexity index is 1440. The van der Waals surface area contributed by atoms with Gasteiger partial charge in [-0.3, -0.25) is 9.79 Å². The van der Waals surface area contributed by atoms with Crippen molar-refractivity contribution < 1.29 is 24.2 Å². The Morgan fingerprint density at radius 3 is 2.38 bits per heavy atom. The van der Waals surface area contributed by atoms with Crippen LogP contribution in [0, 0.1) is 5.92 Å². The van der Waals surface area contributed by atoms with Gasteiger partial charge >= 0.3 is 12.1 Å². The van der Waals surface area contributed by atoms with E-state index in [0.717, 1.165) is 11.1 Å². The van der Waals surface area contributed by atoms with E-state index in [0.29, 0.717) is 21.5 Å². The lowest BCUT2D eigenvalue weighted by molar-refractivity contribution is -0.143. The fraction of sp³-hybridized carbons (Fsp3) is 0.345. The lowest BCUT2D eigenvalue weighted by Gasteiger charge is -2.24. The van der Waals surface area contributed by atoms with Gasteiger partial charge in [0.05, 0.1) is 6.54 Å². The average molecular weight is 579 g/mol. The molecule has 0 saturated carbocycles. The number of aliphatic carboxylic acids is 1. The third kappa shape index (κ3) is 5.62. The van der Waals surface area contributed by atoms with Crippen LogP contribution in [0.1, 0.15) is 48.5 Å². The van der Waals surface area contributed by atoms with Crippen LogP contribution in [0.3, 0.4) is 0 Å². The maximum absolute atomic E-state index is 12.9. The van der Waals surface area contributed by atoms with Gasteiger partial charge in [0.1, 0.15) is 33.9 Å². The van der Waals surface area contributed by atoms with Crippen LogP contribution in [0.25, 0.3) is 11.1 Å². The Morgan fingerprint density at radius 2 is 1.75 bits per heavy atom. The molecule has 0 radical (unpaired) electrons. The van der Waals surface area contributed by atoms with Gasteiger partial charge in [0.15, 0.2) is 0 Å². The molecule has 2 atom stereocenters. The van der Waals surface area contributed by atoms with Gasteiger partial charge in [-0.2, -0.15) is 0 Å². The molecule has 0 spiro atoms. The molecule has 1 aliphatic heterocycles. The summed E-state index contributed by atoms with van der Waals surface area (Å²) < 4.78 is 5.60. The van der Waals surface area contributed by atoms with Gasteiger partial charge in [-0.25, -0.2) is 14.6 Å². The number of ether oxygens (including phenoxy) is 1. The quantitative estimate of drug-likeness (QED) is 0.337. The van der Waals surface area contributed by atoms with E-state index in [-0.39, 0.29) is 25.0 Å². The second-order valence-electron chi connectivity index (χ2n) is 10.3. The molecule has 0 unspecified atom stereocenters. The zero-order valence-electron chi connectivity index (χ0n) is 22.3. The number of carbonyl (C=O) groups is 3. The number of thiazole rings is 1. The van der Waals surface area contributed by atoms with Gasteiger partial charge in [0.2, 0.25) is 5.91 Å². The van der Waals surface area contributed by atoms with Crippen molar-refractivity contribution in [2.45, 2.75) is 44.8 Å². The number of fused-ring (bicyclic) bond motifs is 3. The second kappa shape index (κ2) is 11.4. The highest BCUT2D eigenvalue weighted by atomic mass is 32.2. The zero-order valence-corrected chi connectivity index (χ0v) is 24.0. The third-order valence-electron chi connectivity index (χ3n) is 7.05. The number of carboxylic acid groups (broad SMARTS) is 1. The molecule has 40 heavy (non-hydrogen) atoms. The van der Waals surface area contributed by atoms with E-state index in [4.69, 9.17) is 4.74 Å². The summed E-state index contributed by atoms with van der Waals surface area (Å²) in [6.45, 7) is 5.61. The van der Waals surface area contributed by atoms with Gasteiger partial charge in [-0.15, -0.1) is 23.1 Å². The minimum Gasteiger partial charge on any atom is -0.480 e. The Kier molecular flexibility index (Phi) is 7.95. The highest BCUT2D eigenvalue weighted by molar-refractivity contribution is 8.14. The highest BCUT2D eigenvalue weighted by Crippen LogP contribution is 2.44. The monoisotopic (exact) mass is 578 g/mol. The fourth-order valence-corrected chi connectivity index (χ4v) is 6.77. The molecule has 9 nitrogen and oxygen atoms in total. The number of hydrogen-bond acceptors (Lipinski definition) is 8. The molecule has 0 fully saturated rings. The first-order chi connectivity index (χ1) is 19.2. The smallest absolute Gasteiger partial charge is 0.407 e. The van der Waals surface area contributed by atoms with E-state index in [1.54, 1.807) is 20.8 Å². The van der Waals surface area contributed by atoms with Crippen LogP contribution in [0.4, 0.5) is 4.79 Å². The van der Waals surface area contributed by atoms with E-state index in [1.165, 1.54) is 34.2 Å². The largest absolute Gasteiger partial charge is 0.480 e. The van der Waals surface area contributed by atoms with E-state index >= 15 is 0 Å². The summed E-state index contributed by atoms with van der Waals surface area (Å²) in [5, 5.41) is 17.9. The van der Waals surface area contributed by atoms with Crippen LogP contribution in [-0.2, 0) is 20.9 Å². The number of thioether (sulfide) groups is 1. The third-order valence-corrected chi connectivity index (χ3v) is 9.17. The summed E-state index contributed by atoms with van der Waals surface area (Å²) in [6.07, 6.45) is -0.520. The van der Waals surface area contributed by atoms with Gasteiger partial charge in [0, 0.05) is 17.1 Å². The summed E-state index contributed by atoms with van der Waals surface area (Å²) in [7, 11) is 0. The molecule has 3 aromatic rings. The van der Waals surface area contributed by atoms with Crippen molar-refractivity contribution in [1.82, 2.24) is 15.6 Å². The van der Waals surface area contributed by atoms with E-state index in [9.17, 15) is 19.5 Å². The van der Waals surface area contributed by atoms with Gasteiger partial charge < -0.3 is 20.5 Å². The normalized spacial score (nSPS) is 18.6. The molecule has 2 aliphatic rings. The summed E-state index contributed by atoms with van der Waals surface area (Å²) >= 11 is 2.77. The van der Waals surface area contributed by atoms with Crippen LogP contribution >= 0.6 is 23.1 Å². The van der Waals surface area contributed by atoms with Gasteiger partial charge in [-0.1, -0.05) is 62.4 Å². The minimum absolute atomic E-state index is 0.0140. The fourth-order valence-electron chi connectivity index (χ4n) is 4.84. The van der Waals surface area contributed by atoms with E-state index in [2.05, 4.69) is 44.9 Å². The number of benzene rings is 2. The summed E-state index contributed by atoms with van der Waals surface area (Å²) in [6, 6.07) is 15.4. The van der Waals surface area contributed by atoms with E-state index < -0.39 is 29.6 Å². The average Bonchev–Trinajstić information content (AvgIpc) is 3.65. The van der Waals surface area contributed by atoms with Crippen molar-refractivity contribution in [2.75, 3.05) is 12.4 Å². The van der Waals surface area contributed by atoms with Crippen LogP contribution in [0.2, 0.25) is 0 Å². The molecule has 1 aliphatic carbocycles. The number of aliphatic imine (C=N–C) groups is 1. The molecule has 2 heterocycles. The molecule has 3 N–H and O–H groups in total. The number of amides is 2. The summed E-state index contributed by atoms with van der Waals surface area (Å²) in [5.41, 5.74) is 4.18. The topological polar surface area (TPSA) is 130 Å². The van der Waals surface area contributed by atoms with Gasteiger partial charge in [0.25, 0.3) is 0 Å². The van der Waals surface area contributed by atoms with Gasteiger partial charge in [-0.05, 0) is 35.1 Å². The lowest BCUT2D eigenvalue weighted by Crippen LogP contribution is -2.52. The second-order valence-corrected chi connectivity index (χ2v) is 12.2. The number of aromatic nitrogens is 1. The van der Waals surface area contributed by atoms with Crippen LogP contribution in [0.15, 0.2) is 58.9 Å². The zero-order chi connectivity index (χ0) is 28.4. The summed E-state index contributed by atoms with van der Waals surface area (Å²) in [5.74, 6) is -1.39.